The van der Waals surface area contributed by atoms with E-state index in [1.165, 1.54) is 12.5 Å². The molecule has 0 radical (unpaired) electrons. The van der Waals surface area contributed by atoms with E-state index in [0.29, 0.717) is 5.92 Å². The van der Waals surface area contributed by atoms with Crippen LogP contribution in [0, 0.1) is 12.8 Å². The lowest BCUT2D eigenvalue weighted by Crippen LogP contribution is -2.24. The van der Waals surface area contributed by atoms with E-state index in [1.54, 1.807) is 0 Å². The van der Waals surface area contributed by atoms with Gasteiger partial charge in [-0.05, 0) is 37.1 Å². The Balaban J connectivity index is 1.74. The molecule has 0 fully saturated rings. The normalized spacial score (nSPS) is 12.1. The Labute approximate surface area is 131 Å². The molecule has 0 aliphatic heterocycles. The smallest absolute Gasteiger partial charge is 0.221 e. The van der Waals surface area contributed by atoms with Crippen LogP contribution in [0.2, 0.25) is 0 Å². The molecule has 0 saturated carbocycles. The number of hydrogen-bond acceptors (Lipinski definition) is 3. The van der Waals surface area contributed by atoms with E-state index in [0.717, 1.165) is 31.1 Å². The Morgan fingerprint density at radius 2 is 2.05 bits per heavy atom. The monoisotopic (exact) mass is 300 g/mol. The third-order valence-electron chi connectivity index (χ3n) is 3.53. The minimum absolute atomic E-state index is 0.0468. The fraction of sp³-hybridized carbons (Fsp3) is 0.412. The standard InChI is InChI=1S/C17H24N4O/c1-13(12-21-9-8-19-14(21)2)10-18-11-16-4-6-17(7-5-16)20-15(3)22/h4-9,13,18H,10-12H2,1-3H3,(H,20,22). The molecular weight excluding hydrogens is 276 g/mol. The Kier molecular flexibility index (Phi) is 5.72. The fourth-order valence-electron chi connectivity index (χ4n) is 2.37. The number of amides is 1. The second-order valence-corrected chi connectivity index (χ2v) is 5.74. The summed E-state index contributed by atoms with van der Waals surface area (Å²) in [5, 5.41) is 6.24. The Hall–Kier alpha value is -2.14. The maximum Gasteiger partial charge on any atom is 0.221 e. The molecular formula is C17H24N4O. The van der Waals surface area contributed by atoms with Crippen molar-refractivity contribution in [1.29, 1.82) is 0 Å². The lowest BCUT2D eigenvalue weighted by atomic mass is 10.1. The first kappa shape index (κ1) is 16.2. The van der Waals surface area contributed by atoms with Gasteiger partial charge in [0, 0.05) is 38.1 Å². The number of aromatic nitrogens is 2. The van der Waals surface area contributed by atoms with Crippen molar-refractivity contribution in [2.75, 3.05) is 11.9 Å². The van der Waals surface area contributed by atoms with E-state index < -0.39 is 0 Å². The molecule has 1 aromatic heterocycles. The second kappa shape index (κ2) is 7.75. The summed E-state index contributed by atoms with van der Waals surface area (Å²) >= 11 is 0. The molecule has 118 valence electrons. The van der Waals surface area contributed by atoms with E-state index in [9.17, 15) is 4.79 Å². The molecule has 22 heavy (non-hydrogen) atoms. The van der Waals surface area contributed by atoms with Crippen molar-refractivity contribution in [3.8, 4) is 0 Å². The van der Waals surface area contributed by atoms with Crippen molar-refractivity contribution < 1.29 is 4.79 Å². The number of benzene rings is 1. The van der Waals surface area contributed by atoms with Crippen molar-refractivity contribution in [1.82, 2.24) is 14.9 Å². The van der Waals surface area contributed by atoms with Crippen molar-refractivity contribution in [3.63, 3.8) is 0 Å². The van der Waals surface area contributed by atoms with Crippen molar-refractivity contribution >= 4 is 11.6 Å². The summed E-state index contributed by atoms with van der Waals surface area (Å²) < 4.78 is 2.18. The summed E-state index contributed by atoms with van der Waals surface area (Å²) in [7, 11) is 0. The van der Waals surface area contributed by atoms with Crippen molar-refractivity contribution in [2.24, 2.45) is 5.92 Å². The third-order valence-corrected chi connectivity index (χ3v) is 3.53. The first-order valence-electron chi connectivity index (χ1n) is 7.59. The molecule has 1 heterocycles. The van der Waals surface area contributed by atoms with Gasteiger partial charge < -0.3 is 15.2 Å². The first-order valence-corrected chi connectivity index (χ1v) is 7.59. The molecule has 2 rings (SSSR count). The second-order valence-electron chi connectivity index (χ2n) is 5.74. The molecule has 5 nitrogen and oxygen atoms in total. The van der Waals surface area contributed by atoms with Crippen LogP contribution in [0.4, 0.5) is 5.69 Å². The zero-order chi connectivity index (χ0) is 15.9. The van der Waals surface area contributed by atoms with Gasteiger partial charge in [-0.3, -0.25) is 4.79 Å². The van der Waals surface area contributed by atoms with Gasteiger partial charge in [0.15, 0.2) is 0 Å². The van der Waals surface area contributed by atoms with Gasteiger partial charge in [0.05, 0.1) is 0 Å². The lowest BCUT2D eigenvalue weighted by Gasteiger charge is -2.14. The van der Waals surface area contributed by atoms with E-state index in [2.05, 4.69) is 27.1 Å². The number of hydrogen-bond donors (Lipinski definition) is 2. The van der Waals surface area contributed by atoms with Crippen molar-refractivity contribution in [3.05, 3.63) is 48.0 Å². The number of anilines is 1. The molecule has 0 aliphatic rings. The number of nitrogens with one attached hydrogen (secondary N) is 2. The zero-order valence-electron chi connectivity index (χ0n) is 13.5. The number of nitrogens with zero attached hydrogens (tertiary/aromatic N) is 2. The predicted octanol–water partition coefficient (Wildman–Crippen LogP) is 2.58. The van der Waals surface area contributed by atoms with Crippen LogP contribution < -0.4 is 10.6 Å². The highest BCUT2D eigenvalue weighted by Crippen LogP contribution is 2.09. The van der Waals surface area contributed by atoms with Gasteiger partial charge in [0.1, 0.15) is 5.82 Å². The van der Waals surface area contributed by atoms with Gasteiger partial charge in [-0.2, -0.15) is 0 Å². The van der Waals surface area contributed by atoms with E-state index in [-0.39, 0.29) is 5.91 Å². The number of imidazole rings is 1. The van der Waals surface area contributed by atoms with Crippen molar-refractivity contribution in [2.45, 2.75) is 33.9 Å². The van der Waals surface area contributed by atoms with E-state index in [1.807, 2.05) is 43.6 Å². The van der Waals surface area contributed by atoms with Gasteiger partial charge >= 0.3 is 0 Å². The largest absolute Gasteiger partial charge is 0.335 e. The molecule has 1 unspecified atom stereocenters. The number of carbonyl (C=O) groups excluding carboxylic acids is 1. The third kappa shape index (κ3) is 5.00. The van der Waals surface area contributed by atoms with Gasteiger partial charge in [0.2, 0.25) is 5.91 Å². The van der Waals surface area contributed by atoms with E-state index in [4.69, 9.17) is 0 Å². The fourth-order valence-corrected chi connectivity index (χ4v) is 2.37. The number of rotatable bonds is 7. The van der Waals surface area contributed by atoms with Gasteiger partial charge in [-0.1, -0.05) is 19.1 Å². The Morgan fingerprint density at radius 3 is 2.64 bits per heavy atom. The summed E-state index contributed by atoms with van der Waals surface area (Å²) in [5.74, 6) is 1.54. The number of carbonyl (C=O) groups is 1. The summed E-state index contributed by atoms with van der Waals surface area (Å²) in [4.78, 5) is 15.2. The van der Waals surface area contributed by atoms with Crippen LogP contribution in [-0.2, 0) is 17.9 Å². The van der Waals surface area contributed by atoms with Crippen LogP contribution >= 0.6 is 0 Å². The molecule has 1 amide bonds. The minimum atomic E-state index is -0.0468. The summed E-state index contributed by atoms with van der Waals surface area (Å²) in [5.41, 5.74) is 2.04. The van der Waals surface area contributed by atoms with E-state index >= 15 is 0 Å². The average molecular weight is 300 g/mol. The molecule has 0 aliphatic carbocycles. The summed E-state index contributed by atoms with van der Waals surface area (Å²) in [6, 6.07) is 7.92. The lowest BCUT2D eigenvalue weighted by molar-refractivity contribution is -0.114. The summed E-state index contributed by atoms with van der Waals surface area (Å²) in [6.45, 7) is 8.51. The van der Waals surface area contributed by atoms with Crippen LogP contribution in [0.1, 0.15) is 25.2 Å². The highest BCUT2D eigenvalue weighted by Gasteiger charge is 2.05. The quantitative estimate of drug-likeness (QED) is 0.826. The predicted molar refractivity (Wildman–Crippen MR) is 88.6 cm³/mol. The van der Waals surface area contributed by atoms with Gasteiger partial charge in [0.25, 0.3) is 0 Å². The zero-order valence-corrected chi connectivity index (χ0v) is 13.5. The van der Waals surface area contributed by atoms with Crippen LogP contribution in [0.5, 0.6) is 0 Å². The van der Waals surface area contributed by atoms with Crippen LogP contribution in [0.15, 0.2) is 36.7 Å². The topological polar surface area (TPSA) is 59.0 Å². The summed E-state index contributed by atoms with van der Waals surface area (Å²) in [6.07, 6.45) is 3.86. The molecule has 1 atom stereocenters. The molecule has 5 heteroatoms. The molecule has 2 aromatic rings. The van der Waals surface area contributed by atoms with Gasteiger partial charge in [-0.25, -0.2) is 4.98 Å². The highest BCUT2D eigenvalue weighted by atomic mass is 16.1. The molecule has 2 N–H and O–H groups in total. The Morgan fingerprint density at radius 1 is 1.32 bits per heavy atom. The first-order chi connectivity index (χ1) is 10.5. The molecule has 1 aromatic carbocycles. The van der Waals surface area contributed by atoms with Crippen LogP contribution in [-0.4, -0.2) is 22.0 Å². The number of aryl methyl sites for hydroxylation is 1. The molecule has 0 saturated heterocycles. The minimum Gasteiger partial charge on any atom is -0.335 e. The average Bonchev–Trinajstić information content (AvgIpc) is 2.85. The van der Waals surface area contributed by atoms with Crippen LogP contribution in [0.25, 0.3) is 0 Å². The van der Waals surface area contributed by atoms with Crippen LogP contribution in [0.3, 0.4) is 0 Å². The maximum atomic E-state index is 11.0. The van der Waals surface area contributed by atoms with Gasteiger partial charge in [-0.15, -0.1) is 0 Å². The maximum absolute atomic E-state index is 11.0. The highest BCUT2D eigenvalue weighted by molar-refractivity contribution is 5.88. The molecule has 0 bridgehead atoms. The Bertz CT molecular complexity index is 603. The molecule has 0 spiro atoms. The SMILES string of the molecule is CC(=O)Nc1ccc(CNCC(C)Cn2ccnc2C)cc1.